The minimum Gasteiger partial charge on any atom is -0.378 e. The molecule has 0 radical (unpaired) electrons. The van der Waals surface area contributed by atoms with Crippen molar-refractivity contribution in [3.05, 3.63) is 76.1 Å². The van der Waals surface area contributed by atoms with E-state index in [1.807, 2.05) is 29.6 Å². The largest absolute Gasteiger partial charge is 0.378 e. The van der Waals surface area contributed by atoms with Crippen molar-refractivity contribution in [2.24, 2.45) is 0 Å². The standard InChI is InChI=1S/C22H24N4O4S2/c27-22(24-15-17-7-8-23-21(14-17)26-9-11-30-12-10-26)18-3-5-20(6-4-18)32(28,29)25-16-19-2-1-13-31-19/h1-8,13-14,25H,9-12,15-16H2,(H,24,27). The number of rotatable bonds is 8. The second-order valence-corrected chi connectivity index (χ2v) is 10.0. The first-order valence-corrected chi connectivity index (χ1v) is 12.6. The zero-order chi connectivity index (χ0) is 22.4. The van der Waals surface area contributed by atoms with Crippen LogP contribution in [0.5, 0.6) is 0 Å². The van der Waals surface area contributed by atoms with Crippen molar-refractivity contribution in [2.45, 2.75) is 18.0 Å². The topological polar surface area (TPSA) is 101 Å². The van der Waals surface area contributed by atoms with Gasteiger partial charge < -0.3 is 15.0 Å². The number of nitrogens with zero attached hydrogens (tertiary/aromatic N) is 2. The lowest BCUT2D eigenvalue weighted by atomic mass is 10.2. The van der Waals surface area contributed by atoms with Crippen LogP contribution in [0.2, 0.25) is 0 Å². The van der Waals surface area contributed by atoms with Gasteiger partial charge in [-0.25, -0.2) is 18.1 Å². The van der Waals surface area contributed by atoms with Crippen LogP contribution in [0.25, 0.3) is 0 Å². The summed E-state index contributed by atoms with van der Waals surface area (Å²) in [5.41, 5.74) is 1.33. The summed E-state index contributed by atoms with van der Waals surface area (Å²) in [6.07, 6.45) is 1.73. The second kappa shape index (κ2) is 10.2. The molecule has 32 heavy (non-hydrogen) atoms. The molecule has 0 aliphatic carbocycles. The number of amides is 1. The lowest BCUT2D eigenvalue weighted by Crippen LogP contribution is -2.36. The monoisotopic (exact) mass is 472 g/mol. The van der Waals surface area contributed by atoms with Crippen LogP contribution in [0.1, 0.15) is 20.8 Å². The number of carbonyl (C=O) groups is 1. The maximum Gasteiger partial charge on any atom is 0.251 e. The highest BCUT2D eigenvalue weighted by molar-refractivity contribution is 7.89. The third-order valence-electron chi connectivity index (χ3n) is 5.04. The molecular formula is C22H24N4O4S2. The lowest BCUT2D eigenvalue weighted by Gasteiger charge is -2.28. The van der Waals surface area contributed by atoms with Crippen molar-refractivity contribution in [3.63, 3.8) is 0 Å². The van der Waals surface area contributed by atoms with Gasteiger partial charge in [-0.2, -0.15) is 0 Å². The number of carbonyl (C=O) groups excluding carboxylic acids is 1. The summed E-state index contributed by atoms with van der Waals surface area (Å²) < 4.78 is 32.9. The molecule has 1 aliphatic rings. The predicted molar refractivity (Wildman–Crippen MR) is 123 cm³/mol. The van der Waals surface area contributed by atoms with Gasteiger partial charge in [0.2, 0.25) is 10.0 Å². The molecule has 8 nitrogen and oxygen atoms in total. The van der Waals surface area contributed by atoms with E-state index in [2.05, 4.69) is 19.9 Å². The molecule has 1 aliphatic heterocycles. The first-order chi connectivity index (χ1) is 15.5. The van der Waals surface area contributed by atoms with Crippen LogP contribution in [-0.2, 0) is 27.8 Å². The maximum atomic E-state index is 12.5. The molecule has 4 rings (SSSR count). The molecule has 3 heterocycles. The van der Waals surface area contributed by atoms with Gasteiger partial charge in [0.25, 0.3) is 5.91 Å². The molecule has 0 unspecified atom stereocenters. The number of hydrogen-bond donors (Lipinski definition) is 2. The van der Waals surface area contributed by atoms with E-state index in [1.165, 1.54) is 35.6 Å². The minimum atomic E-state index is -3.65. The van der Waals surface area contributed by atoms with E-state index in [-0.39, 0.29) is 17.3 Å². The van der Waals surface area contributed by atoms with Gasteiger partial charge in [0.1, 0.15) is 5.82 Å². The molecule has 2 N–H and O–H groups in total. The Labute approximate surface area is 191 Å². The predicted octanol–water partition coefficient (Wildman–Crippen LogP) is 2.39. The van der Waals surface area contributed by atoms with E-state index in [0.29, 0.717) is 25.3 Å². The summed E-state index contributed by atoms with van der Waals surface area (Å²) in [6, 6.07) is 13.5. The number of nitrogens with one attached hydrogen (secondary N) is 2. The molecule has 1 aromatic carbocycles. The Morgan fingerprint density at radius 2 is 1.88 bits per heavy atom. The van der Waals surface area contributed by atoms with Crippen LogP contribution < -0.4 is 14.9 Å². The molecule has 2 aromatic heterocycles. The molecule has 0 saturated carbocycles. The Balaban J connectivity index is 1.34. The maximum absolute atomic E-state index is 12.5. The Hall–Kier alpha value is -2.79. The van der Waals surface area contributed by atoms with Crippen molar-refractivity contribution >= 4 is 33.1 Å². The zero-order valence-corrected chi connectivity index (χ0v) is 19.0. The minimum absolute atomic E-state index is 0.120. The summed E-state index contributed by atoms with van der Waals surface area (Å²) in [6.45, 7) is 3.53. The highest BCUT2D eigenvalue weighted by Gasteiger charge is 2.16. The molecule has 10 heteroatoms. The quantitative estimate of drug-likeness (QED) is 0.522. The summed E-state index contributed by atoms with van der Waals surface area (Å²) >= 11 is 1.49. The summed E-state index contributed by atoms with van der Waals surface area (Å²) in [5, 5.41) is 4.77. The number of hydrogen-bond acceptors (Lipinski definition) is 7. The molecule has 3 aromatic rings. The molecule has 0 atom stereocenters. The normalized spacial score (nSPS) is 14.3. The molecule has 0 spiro atoms. The van der Waals surface area contributed by atoms with Crippen LogP contribution in [0, 0.1) is 0 Å². The van der Waals surface area contributed by atoms with E-state index in [9.17, 15) is 13.2 Å². The van der Waals surface area contributed by atoms with Gasteiger partial charge in [-0.1, -0.05) is 6.07 Å². The van der Waals surface area contributed by atoms with Gasteiger partial charge in [0.15, 0.2) is 0 Å². The number of ether oxygens (including phenoxy) is 1. The van der Waals surface area contributed by atoms with E-state index < -0.39 is 10.0 Å². The van der Waals surface area contributed by atoms with Crippen LogP contribution >= 0.6 is 11.3 Å². The fourth-order valence-electron chi connectivity index (χ4n) is 3.27. The zero-order valence-electron chi connectivity index (χ0n) is 17.4. The van der Waals surface area contributed by atoms with Crippen molar-refractivity contribution in [3.8, 4) is 0 Å². The van der Waals surface area contributed by atoms with E-state index >= 15 is 0 Å². The van der Waals surface area contributed by atoms with Gasteiger partial charge in [0, 0.05) is 42.8 Å². The molecule has 1 amide bonds. The van der Waals surface area contributed by atoms with Gasteiger partial charge in [-0.3, -0.25) is 4.79 Å². The summed E-state index contributed by atoms with van der Waals surface area (Å²) in [5.74, 6) is 0.592. The number of sulfonamides is 1. The molecule has 168 valence electrons. The Bertz CT molecular complexity index is 1140. The number of aromatic nitrogens is 1. The average molecular weight is 473 g/mol. The number of pyridine rings is 1. The summed E-state index contributed by atoms with van der Waals surface area (Å²) in [4.78, 5) is 20.1. The number of anilines is 1. The van der Waals surface area contributed by atoms with Crippen molar-refractivity contribution in [1.82, 2.24) is 15.0 Å². The lowest BCUT2D eigenvalue weighted by molar-refractivity contribution is 0.0951. The van der Waals surface area contributed by atoms with E-state index in [0.717, 1.165) is 29.3 Å². The smallest absolute Gasteiger partial charge is 0.251 e. The van der Waals surface area contributed by atoms with Crippen LogP contribution in [0.3, 0.4) is 0 Å². The highest BCUT2D eigenvalue weighted by Crippen LogP contribution is 2.16. The van der Waals surface area contributed by atoms with Crippen LogP contribution in [-0.4, -0.2) is 45.6 Å². The first kappa shape index (κ1) is 22.4. The van der Waals surface area contributed by atoms with Crippen LogP contribution in [0.4, 0.5) is 5.82 Å². The van der Waals surface area contributed by atoms with Crippen molar-refractivity contribution < 1.29 is 17.9 Å². The fraction of sp³-hybridized carbons (Fsp3) is 0.273. The van der Waals surface area contributed by atoms with E-state index in [4.69, 9.17) is 4.74 Å². The van der Waals surface area contributed by atoms with Crippen molar-refractivity contribution in [1.29, 1.82) is 0 Å². The SMILES string of the molecule is O=C(NCc1ccnc(N2CCOCC2)c1)c1ccc(S(=O)(=O)NCc2cccs2)cc1. The molecular weight excluding hydrogens is 448 g/mol. The van der Waals surface area contributed by atoms with E-state index in [1.54, 1.807) is 6.20 Å². The molecule has 1 fully saturated rings. The molecule has 0 bridgehead atoms. The Morgan fingerprint density at radius 3 is 2.59 bits per heavy atom. The Kier molecular flexibility index (Phi) is 7.15. The number of benzene rings is 1. The average Bonchev–Trinajstić information content (AvgIpc) is 3.36. The summed E-state index contributed by atoms with van der Waals surface area (Å²) in [7, 11) is -3.65. The van der Waals surface area contributed by atoms with Gasteiger partial charge in [-0.05, 0) is 53.4 Å². The van der Waals surface area contributed by atoms with Crippen LogP contribution in [0.15, 0.2) is 65.0 Å². The van der Waals surface area contributed by atoms with Gasteiger partial charge in [-0.15, -0.1) is 11.3 Å². The first-order valence-electron chi connectivity index (χ1n) is 10.2. The second-order valence-electron chi connectivity index (χ2n) is 7.23. The van der Waals surface area contributed by atoms with Crippen molar-refractivity contribution in [2.75, 3.05) is 31.2 Å². The van der Waals surface area contributed by atoms with Gasteiger partial charge >= 0.3 is 0 Å². The fourth-order valence-corrected chi connectivity index (χ4v) is 5.01. The molecule has 1 saturated heterocycles. The third kappa shape index (κ3) is 5.71. The number of thiophene rings is 1. The third-order valence-corrected chi connectivity index (χ3v) is 7.33. The number of morpholine rings is 1. The highest BCUT2D eigenvalue weighted by atomic mass is 32.2. The van der Waals surface area contributed by atoms with Gasteiger partial charge in [0.05, 0.1) is 18.1 Å². The Morgan fingerprint density at radius 1 is 1.09 bits per heavy atom.